The topological polar surface area (TPSA) is 55.1 Å². The molecule has 0 aliphatic carbocycles. The van der Waals surface area contributed by atoms with E-state index in [0.29, 0.717) is 17.1 Å². The molecule has 0 unspecified atom stereocenters. The Bertz CT molecular complexity index is 560. The van der Waals surface area contributed by atoms with Crippen molar-refractivity contribution in [3.63, 3.8) is 0 Å². The number of aryl methyl sites for hydroxylation is 1. The van der Waals surface area contributed by atoms with Crippen molar-refractivity contribution in [2.75, 3.05) is 5.32 Å². The summed E-state index contributed by atoms with van der Waals surface area (Å²) in [4.78, 5) is 12.0. The number of nitrogens with one attached hydrogen (secondary N) is 1. The van der Waals surface area contributed by atoms with Gasteiger partial charge in [0.1, 0.15) is 0 Å². The summed E-state index contributed by atoms with van der Waals surface area (Å²) < 4.78 is 0. The lowest BCUT2D eigenvalue weighted by Gasteiger charge is -2.10. The smallest absolute Gasteiger partial charge is 0.249 e. The van der Waals surface area contributed by atoms with E-state index in [1.807, 2.05) is 25.1 Å². The van der Waals surface area contributed by atoms with Crippen molar-refractivity contribution in [2.45, 2.75) is 13.5 Å². The molecule has 1 aromatic heterocycles. The molecule has 1 heterocycles. The van der Waals surface area contributed by atoms with Crippen molar-refractivity contribution in [1.29, 1.82) is 0 Å². The van der Waals surface area contributed by atoms with Gasteiger partial charge in [0.2, 0.25) is 5.91 Å². The summed E-state index contributed by atoms with van der Waals surface area (Å²) in [6.45, 7) is 2.62. The molecule has 0 bridgehead atoms. The number of halogens is 1. The summed E-state index contributed by atoms with van der Waals surface area (Å²) in [5, 5.41) is 5.73. The van der Waals surface area contributed by atoms with E-state index in [2.05, 4.69) is 5.32 Å². The molecule has 94 valence electrons. The number of anilines is 1. The molecular weight excluding hydrogens is 268 g/mol. The van der Waals surface area contributed by atoms with Gasteiger partial charge in [-0.2, -0.15) is 0 Å². The number of thiophene rings is 1. The van der Waals surface area contributed by atoms with Crippen molar-refractivity contribution >= 4 is 34.5 Å². The minimum Gasteiger partial charge on any atom is -0.379 e. The van der Waals surface area contributed by atoms with Crippen LogP contribution in [0.4, 0.5) is 5.69 Å². The molecule has 2 rings (SSSR count). The van der Waals surface area contributed by atoms with Crippen LogP contribution in [0.25, 0.3) is 0 Å². The number of para-hydroxylation sites is 1. The lowest BCUT2D eigenvalue weighted by atomic mass is 10.2. The highest BCUT2D eigenvalue weighted by atomic mass is 35.5. The van der Waals surface area contributed by atoms with Gasteiger partial charge in [-0.25, -0.2) is 0 Å². The zero-order valence-electron chi connectivity index (χ0n) is 9.87. The van der Waals surface area contributed by atoms with E-state index in [4.69, 9.17) is 17.3 Å². The van der Waals surface area contributed by atoms with Crippen LogP contribution in [0.15, 0.2) is 29.6 Å². The Morgan fingerprint density at radius 1 is 1.50 bits per heavy atom. The van der Waals surface area contributed by atoms with Crippen molar-refractivity contribution in [3.05, 3.63) is 50.7 Å². The standard InChI is InChI=1S/C13H13ClN2OS/c1-8-3-2-4-11(14)12(8)16-6-10-5-9(7-18-10)13(15)17/h2-5,7,16H,6H2,1H3,(H2,15,17). The predicted molar refractivity (Wildman–Crippen MR) is 76.4 cm³/mol. The maximum absolute atomic E-state index is 11.0. The number of hydrogen-bond acceptors (Lipinski definition) is 3. The highest BCUT2D eigenvalue weighted by Gasteiger charge is 2.06. The third-order valence-electron chi connectivity index (χ3n) is 2.60. The van der Waals surface area contributed by atoms with Crippen molar-refractivity contribution in [1.82, 2.24) is 0 Å². The molecule has 0 atom stereocenters. The number of hydrogen-bond donors (Lipinski definition) is 2. The van der Waals surface area contributed by atoms with Gasteiger partial charge in [0.15, 0.2) is 0 Å². The highest BCUT2D eigenvalue weighted by molar-refractivity contribution is 7.10. The second-order valence-electron chi connectivity index (χ2n) is 3.95. The van der Waals surface area contributed by atoms with Crippen molar-refractivity contribution < 1.29 is 4.79 Å². The predicted octanol–water partition coefficient (Wildman–Crippen LogP) is 3.42. The van der Waals surface area contributed by atoms with Crippen molar-refractivity contribution in [3.8, 4) is 0 Å². The minimum absolute atomic E-state index is 0.397. The molecular formula is C13H13ClN2OS. The average molecular weight is 281 g/mol. The Hall–Kier alpha value is -1.52. The summed E-state index contributed by atoms with van der Waals surface area (Å²) in [5.41, 5.74) is 7.77. The molecule has 18 heavy (non-hydrogen) atoms. The van der Waals surface area contributed by atoms with Gasteiger partial charge in [-0.15, -0.1) is 11.3 Å². The van der Waals surface area contributed by atoms with E-state index in [1.54, 1.807) is 11.4 Å². The zero-order chi connectivity index (χ0) is 13.1. The Kier molecular flexibility index (Phi) is 3.89. The SMILES string of the molecule is Cc1cccc(Cl)c1NCc1cc(C(N)=O)cs1. The Labute approximate surface area is 115 Å². The number of nitrogens with two attached hydrogens (primary N) is 1. The van der Waals surface area contributed by atoms with E-state index in [-0.39, 0.29) is 0 Å². The summed E-state index contributed by atoms with van der Waals surface area (Å²) in [6, 6.07) is 7.56. The minimum atomic E-state index is -0.397. The average Bonchev–Trinajstić information content (AvgIpc) is 2.77. The van der Waals surface area contributed by atoms with Crippen LogP contribution in [0.1, 0.15) is 20.8 Å². The van der Waals surface area contributed by atoms with Gasteiger partial charge >= 0.3 is 0 Å². The second kappa shape index (κ2) is 5.42. The van der Waals surface area contributed by atoms with E-state index in [0.717, 1.165) is 16.1 Å². The fourth-order valence-corrected chi connectivity index (χ4v) is 2.74. The van der Waals surface area contributed by atoms with Crippen LogP contribution in [-0.4, -0.2) is 5.91 Å². The molecule has 3 nitrogen and oxygen atoms in total. The van der Waals surface area contributed by atoms with Crippen molar-refractivity contribution in [2.24, 2.45) is 5.73 Å². The molecule has 3 N–H and O–H groups in total. The highest BCUT2D eigenvalue weighted by Crippen LogP contribution is 2.26. The van der Waals surface area contributed by atoms with Gasteiger partial charge in [0.05, 0.1) is 16.3 Å². The largest absolute Gasteiger partial charge is 0.379 e. The fraction of sp³-hybridized carbons (Fsp3) is 0.154. The van der Waals surface area contributed by atoms with Gasteiger partial charge in [0, 0.05) is 16.8 Å². The quantitative estimate of drug-likeness (QED) is 0.902. The summed E-state index contributed by atoms with van der Waals surface area (Å²) in [6.07, 6.45) is 0. The molecule has 2 aromatic rings. The van der Waals surface area contributed by atoms with Gasteiger partial charge in [0.25, 0.3) is 0 Å². The first-order chi connectivity index (χ1) is 8.58. The van der Waals surface area contributed by atoms with Gasteiger partial charge in [-0.05, 0) is 24.6 Å². The van der Waals surface area contributed by atoms with Crippen LogP contribution in [0.2, 0.25) is 5.02 Å². The monoisotopic (exact) mass is 280 g/mol. The molecule has 0 aliphatic rings. The van der Waals surface area contributed by atoms with Crippen LogP contribution in [0.3, 0.4) is 0 Å². The first-order valence-electron chi connectivity index (χ1n) is 5.44. The molecule has 0 radical (unpaired) electrons. The first-order valence-corrected chi connectivity index (χ1v) is 6.70. The Balaban J connectivity index is 2.09. The van der Waals surface area contributed by atoms with Crippen LogP contribution >= 0.6 is 22.9 Å². The van der Waals surface area contributed by atoms with Gasteiger partial charge in [-0.1, -0.05) is 23.7 Å². The lowest BCUT2D eigenvalue weighted by molar-refractivity contribution is 0.100. The van der Waals surface area contributed by atoms with Gasteiger partial charge in [-0.3, -0.25) is 4.79 Å². The van der Waals surface area contributed by atoms with Crippen LogP contribution < -0.4 is 11.1 Å². The molecule has 0 aliphatic heterocycles. The van der Waals surface area contributed by atoms with E-state index >= 15 is 0 Å². The summed E-state index contributed by atoms with van der Waals surface area (Å²) >= 11 is 7.62. The Morgan fingerprint density at radius 3 is 2.89 bits per heavy atom. The molecule has 0 saturated carbocycles. The van der Waals surface area contributed by atoms with Gasteiger partial charge < -0.3 is 11.1 Å². The lowest BCUT2D eigenvalue weighted by Crippen LogP contribution is -2.09. The van der Waals surface area contributed by atoms with E-state index in [9.17, 15) is 4.79 Å². The Morgan fingerprint density at radius 2 is 2.28 bits per heavy atom. The third-order valence-corrected chi connectivity index (χ3v) is 3.85. The van der Waals surface area contributed by atoms with Crippen LogP contribution in [0, 0.1) is 6.92 Å². The summed E-state index contributed by atoms with van der Waals surface area (Å²) in [5.74, 6) is -0.397. The number of amides is 1. The molecule has 1 amide bonds. The number of benzene rings is 1. The number of primary amides is 1. The summed E-state index contributed by atoms with van der Waals surface area (Å²) in [7, 11) is 0. The maximum Gasteiger partial charge on any atom is 0.249 e. The molecule has 1 aromatic carbocycles. The number of rotatable bonds is 4. The fourth-order valence-electron chi connectivity index (χ4n) is 1.63. The molecule has 0 spiro atoms. The van der Waals surface area contributed by atoms with E-state index in [1.165, 1.54) is 11.3 Å². The van der Waals surface area contributed by atoms with Crippen LogP contribution in [0.5, 0.6) is 0 Å². The molecule has 5 heteroatoms. The van der Waals surface area contributed by atoms with Crippen LogP contribution in [-0.2, 0) is 6.54 Å². The number of carbonyl (C=O) groups excluding carboxylic acids is 1. The molecule has 0 saturated heterocycles. The second-order valence-corrected chi connectivity index (χ2v) is 5.35. The zero-order valence-corrected chi connectivity index (χ0v) is 11.4. The third kappa shape index (κ3) is 2.83. The number of carbonyl (C=O) groups is 1. The maximum atomic E-state index is 11.0. The first kappa shape index (κ1) is 12.9. The molecule has 0 fully saturated rings. The normalized spacial score (nSPS) is 10.3. The van der Waals surface area contributed by atoms with E-state index < -0.39 is 5.91 Å².